The van der Waals surface area contributed by atoms with Crippen LogP contribution in [0.15, 0.2) is 28.1 Å². The average Bonchev–Trinajstić information content (AvgIpc) is 3.02. The molecule has 3 aromatic rings. The van der Waals surface area contributed by atoms with Crippen molar-refractivity contribution in [2.75, 3.05) is 5.73 Å². The number of benzene rings is 1. The third-order valence-electron chi connectivity index (χ3n) is 3.07. The highest BCUT2D eigenvalue weighted by Crippen LogP contribution is 2.34. The predicted octanol–water partition coefficient (Wildman–Crippen LogP) is 3.80. The van der Waals surface area contributed by atoms with Gasteiger partial charge in [-0.05, 0) is 36.4 Å². The van der Waals surface area contributed by atoms with Gasteiger partial charge in [-0.3, -0.25) is 0 Å². The van der Waals surface area contributed by atoms with Crippen LogP contribution in [0.4, 0.5) is 10.1 Å². The molecule has 0 saturated heterocycles. The lowest BCUT2D eigenvalue weighted by Gasteiger charge is -1.97. The molecule has 0 aliphatic heterocycles. The minimum Gasteiger partial charge on any atom is -0.397 e. The summed E-state index contributed by atoms with van der Waals surface area (Å²) in [5.41, 5.74) is 8.72. The van der Waals surface area contributed by atoms with Gasteiger partial charge in [0.05, 0.1) is 5.69 Å². The Bertz CT molecular complexity index is 779. The normalized spacial score (nSPS) is 10.9. The van der Waals surface area contributed by atoms with Gasteiger partial charge in [-0.2, -0.15) is 4.98 Å². The summed E-state index contributed by atoms with van der Waals surface area (Å²) >= 11 is 1.45. The van der Waals surface area contributed by atoms with Gasteiger partial charge >= 0.3 is 0 Å². The van der Waals surface area contributed by atoms with Gasteiger partial charge in [0.2, 0.25) is 5.82 Å². The predicted molar refractivity (Wildman–Crippen MR) is 76.9 cm³/mol. The van der Waals surface area contributed by atoms with Gasteiger partial charge in [0.1, 0.15) is 10.7 Å². The van der Waals surface area contributed by atoms with Crippen molar-refractivity contribution in [1.82, 2.24) is 10.1 Å². The summed E-state index contributed by atoms with van der Waals surface area (Å²) in [6.07, 6.45) is 0. The maximum absolute atomic E-state index is 13.6. The molecule has 0 saturated carbocycles. The lowest BCUT2D eigenvalue weighted by Crippen LogP contribution is -1.88. The van der Waals surface area contributed by atoms with Crippen molar-refractivity contribution in [3.63, 3.8) is 0 Å². The van der Waals surface area contributed by atoms with E-state index >= 15 is 0 Å². The van der Waals surface area contributed by atoms with Gasteiger partial charge < -0.3 is 10.3 Å². The molecule has 0 atom stereocenters. The molecule has 0 spiro atoms. The van der Waals surface area contributed by atoms with Crippen LogP contribution in [0, 0.1) is 19.7 Å². The lowest BCUT2D eigenvalue weighted by atomic mass is 10.1. The van der Waals surface area contributed by atoms with Crippen LogP contribution in [0.1, 0.15) is 11.1 Å². The minimum absolute atomic E-state index is 0.291. The van der Waals surface area contributed by atoms with Gasteiger partial charge in [0.15, 0.2) is 0 Å². The summed E-state index contributed by atoms with van der Waals surface area (Å²) < 4.78 is 18.8. The molecule has 0 unspecified atom stereocenters. The zero-order valence-corrected chi connectivity index (χ0v) is 11.8. The molecule has 3 rings (SSSR count). The highest BCUT2D eigenvalue weighted by molar-refractivity contribution is 7.14. The van der Waals surface area contributed by atoms with E-state index in [0.717, 1.165) is 10.4 Å². The summed E-state index contributed by atoms with van der Waals surface area (Å²) in [4.78, 5) is 5.03. The van der Waals surface area contributed by atoms with E-state index in [9.17, 15) is 4.39 Å². The van der Waals surface area contributed by atoms with E-state index in [1.54, 1.807) is 19.1 Å². The van der Waals surface area contributed by atoms with Crippen LogP contribution in [-0.4, -0.2) is 10.1 Å². The van der Waals surface area contributed by atoms with Crippen LogP contribution in [0.25, 0.3) is 22.2 Å². The van der Waals surface area contributed by atoms with E-state index in [0.29, 0.717) is 28.5 Å². The molecule has 0 amide bonds. The van der Waals surface area contributed by atoms with E-state index in [1.165, 1.54) is 17.4 Å². The average molecular weight is 289 g/mol. The van der Waals surface area contributed by atoms with Crippen molar-refractivity contribution in [3.05, 3.63) is 40.5 Å². The second kappa shape index (κ2) is 4.72. The molecule has 6 heteroatoms. The number of thiophene rings is 1. The molecule has 0 fully saturated rings. The van der Waals surface area contributed by atoms with Gasteiger partial charge in [0, 0.05) is 5.56 Å². The monoisotopic (exact) mass is 289 g/mol. The zero-order chi connectivity index (χ0) is 14.3. The maximum Gasteiger partial charge on any atom is 0.270 e. The number of hydrogen-bond donors (Lipinski definition) is 1. The second-order valence-electron chi connectivity index (χ2n) is 4.55. The van der Waals surface area contributed by atoms with Crippen LogP contribution in [-0.2, 0) is 0 Å². The largest absolute Gasteiger partial charge is 0.397 e. The fraction of sp³-hybridized carbons (Fsp3) is 0.143. The molecular formula is C14H12FN3OS. The number of aryl methyl sites for hydroxylation is 2. The molecule has 4 nitrogen and oxygen atoms in total. The van der Waals surface area contributed by atoms with E-state index in [-0.39, 0.29) is 5.82 Å². The molecule has 20 heavy (non-hydrogen) atoms. The summed E-state index contributed by atoms with van der Waals surface area (Å²) in [5.74, 6) is 0.418. The van der Waals surface area contributed by atoms with E-state index in [4.69, 9.17) is 10.3 Å². The van der Waals surface area contributed by atoms with Gasteiger partial charge in [-0.15, -0.1) is 11.3 Å². The quantitative estimate of drug-likeness (QED) is 0.779. The molecule has 102 valence electrons. The molecule has 2 heterocycles. The molecule has 2 aromatic heterocycles. The molecule has 0 aliphatic carbocycles. The Kier molecular flexibility index (Phi) is 3.02. The Morgan fingerprint density at radius 1 is 1.25 bits per heavy atom. The number of nitrogens with two attached hydrogens (primary N) is 1. The molecule has 0 radical (unpaired) electrons. The van der Waals surface area contributed by atoms with Crippen molar-refractivity contribution in [3.8, 4) is 22.2 Å². The van der Waals surface area contributed by atoms with Crippen LogP contribution in [0.5, 0.6) is 0 Å². The molecule has 0 aliphatic rings. The van der Waals surface area contributed by atoms with E-state index < -0.39 is 0 Å². The van der Waals surface area contributed by atoms with Crippen molar-refractivity contribution < 1.29 is 8.91 Å². The minimum atomic E-state index is -0.291. The number of aromatic nitrogens is 2. The highest BCUT2D eigenvalue weighted by Gasteiger charge is 2.16. The van der Waals surface area contributed by atoms with Crippen molar-refractivity contribution in [1.29, 1.82) is 0 Å². The Morgan fingerprint density at radius 3 is 2.70 bits per heavy atom. The summed E-state index contributed by atoms with van der Waals surface area (Å²) in [6.45, 7) is 3.62. The van der Waals surface area contributed by atoms with Crippen LogP contribution >= 0.6 is 11.3 Å². The fourth-order valence-corrected chi connectivity index (χ4v) is 2.68. The van der Waals surface area contributed by atoms with Crippen molar-refractivity contribution in [2.24, 2.45) is 0 Å². The van der Waals surface area contributed by atoms with Crippen LogP contribution in [0.2, 0.25) is 0 Å². The SMILES string of the molecule is Cc1ccc(-c2noc(-c3scc(C)c3N)n2)cc1F. The molecule has 2 N–H and O–H groups in total. The Balaban J connectivity index is 2.01. The summed E-state index contributed by atoms with van der Waals surface area (Å²) in [7, 11) is 0. The lowest BCUT2D eigenvalue weighted by molar-refractivity contribution is 0.433. The molecule has 0 bridgehead atoms. The van der Waals surface area contributed by atoms with Crippen LogP contribution in [0.3, 0.4) is 0 Å². The van der Waals surface area contributed by atoms with Crippen molar-refractivity contribution in [2.45, 2.75) is 13.8 Å². The first-order valence-corrected chi connectivity index (χ1v) is 6.88. The third kappa shape index (κ3) is 2.08. The molecule has 1 aromatic carbocycles. The first-order chi connectivity index (χ1) is 9.56. The number of rotatable bonds is 2. The highest BCUT2D eigenvalue weighted by atomic mass is 32.1. The van der Waals surface area contributed by atoms with Gasteiger partial charge in [0.25, 0.3) is 5.89 Å². The Labute approximate surface area is 119 Å². The van der Waals surface area contributed by atoms with Crippen LogP contribution < -0.4 is 5.73 Å². The first-order valence-electron chi connectivity index (χ1n) is 6.00. The van der Waals surface area contributed by atoms with E-state index in [2.05, 4.69) is 10.1 Å². The number of nitrogens with zero attached hydrogens (tertiary/aromatic N) is 2. The number of nitrogen functional groups attached to an aromatic ring is 1. The van der Waals surface area contributed by atoms with Gasteiger partial charge in [-0.25, -0.2) is 4.39 Å². The molecular weight excluding hydrogens is 277 g/mol. The second-order valence-corrected chi connectivity index (χ2v) is 5.43. The number of halogens is 1. The van der Waals surface area contributed by atoms with Gasteiger partial charge in [-0.1, -0.05) is 17.3 Å². The Hall–Kier alpha value is -2.21. The number of anilines is 1. The fourth-order valence-electron chi connectivity index (χ4n) is 1.78. The zero-order valence-electron chi connectivity index (χ0n) is 11.0. The topological polar surface area (TPSA) is 64.9 Å². The summed E-state index contributed by atoms with van der Waals surface area (Å²) in [6, 6.07) is 4.84. The Morgan fingerprint density at radius 2 is 2.05 bits per heavy atom. The maximum atomic E-state index is 13.6. The third-order valence-corrected chi connectivity index (χ3v) is 4.17. The summed E-state index contributed by atoms with van der Waals surface area (Å²) in [5, 5.41) is 5.81. The van der Waals surface area contributed by atoms with Crippen molar-refractivity contribution >= 4 is 17.0 Å². The standard InChI is InChI=1S/C14H12FN3OS/c1-7-3-4-9(5-10(7)15)13-17-14(19-18-13)12-11(16)8(2)6-20-12/h3-6H,16H2,1-2H3. The number of hydrogen-bond acceptors (Lipinski definition) is 5. The van der Waals surface area contributed by atoms with E-state index in [1.807, 2.05) is 12.3 Å². The smallest absolute Gasteiger partial charge is 0.270 e. The first kappa shape index (κ1) is 12.8.